The van der Waals surface area contributed by atoms with E-state index in [0.29, 0.717) is 18.5 Å². The molecule has 0 bridgehead atoms. The number of amides is 1. The molecule has 1 atom stereocenters. The van der Waals surface area contributed by atoms with Crippen molar-refractivity contribution in [1.82, 2.24) is 5.32 Å². The maximum absolute atomic E-state index is 12.0. The summed E-state index contributed by atoms with van der Waals surface area (Å²) in [6, 6.07) is 2.87. The predicted octanol–water partition coefficient (Wildman–Crippen LogP) is 1.74. The number of benzene rings is 1. The van der Waals surface area contributed by atoms with Crippen molar-refractivity contribution in [3.63, 3.8) is 0 Å². The van der Waals surface area contributed by atoms with Gasteiger partial charge in [0.25, 0.3) is 5.91 Å². The van der Waals surface area contributed by atoms with E-state index in [0.717, 1.165) is 0 Å². The van der Waals surface area contributed by atoms with Gasteiger partial charge in [-0.05, 0) is 24.5 Å². The van der Waals surface area contributed by atoms with E-state index in [1.165, 1.54) is 12.1 Å². The molecule has 0 saturated carbocycles. The molecule has 2 rings (SSSR count). The first-order valence-electron chi connectivity index (χ1n) is 6.01. The number of nitrogens with two attached hydrogens (primary N) is 1. The molecule has 1 fully saturated rings. The predicted molar refractivity (Wildman–Crippen MR) is 80.0 cm³/mol. The van der Waals surface area contributed by atoms with E-state index in [1.54, 1.807) is 0 Å². The molecule has 1 saturated heterocycles. The fourth-order valence-corrected chi connectivity index (χ4v) is 4.44. The number of hydrogen-bond acceptors (Lipinski definition) is 4. The summed E-state index contributed by atoms with van der Waals surface area (Å²) in [6.07, 6.45) is 0.575. The lowest BCUT2D eigenvalue weighted by atomic mass is 10.1. The summed E-state index contributed by atoms with van der Waals surface area (Å²) in [5, 5.41) is 3.12. The van der Waals surface area contributed by atoms with Gasteiger partial charge in [-0.3, -0.25) is 4.79 Å². The molecule has 1 aromatic carbocycles. The second-order valence-electron chi connectivity index (χ2n) is 4.83. The van der Waals surface area contributed by atoms with E-state index in [-0.39, 0.29) is 39.1 Å². The molecule has 1 amide bonds. The smallest absolute Gasteiger partial charge is 0.251 e. The zero-order valence-corrected chi connectivity index (χ0v) is 12.9. The Morgan fingerprint density at radius 1 is 1.35 bits per heavy atom. The van der Waals surface area contributed by atoms with Crippen LogP contribution in [0.1, 0.15) is 16.8 Å². The molecule has 0 aliphatic carbocycles. The van der Waals surface area contributed by atoms with E-state index < -0.39 is 9.84 Å². The Hall–Kier alpha value is -0.980. The molecule has 1 heterocycles. The highest BCUT2D eigenvalue weighted by Crippen LogP contribution is 2.28. The van der Waals surface area contributed by atoms with Crippen molar-refractivity contribution in [2.45, 2.75) is 6.42 Å². The van der Waals surface area contributed by atoms with Gasteiger partial charge in [-0.15, -0.1) is 0 Å². The zero-order chi connectivity index (χ0) is 14.9. The SMILES string of the molecule is Nc1c(Cl)cc(C(=O)NCC2CCS(=O)(=O)C2)cc1Cl. The minimum absolute atomic E-state index is 0.0383. The Morgan fingerprint density at radius 3 is 2.45 bits per heavy atom. The van der Waals surface area contributed by atoms with E-state index in [2.05, 4.69) is 5.32 Å². The van der Waals surface area contributed by atoms with Gasteiger partial charge in [0.15, 0.2) is 9.84 Å². The van der Waals surface area contributed by atoms with Crippen LogP contribution in [0.25, 0.3) is 0 Å². The first-order chi connectivity index (χ1) is 9.28. The van der Waals surface area contributed by atoms with Crippen LogP contribution in [0.3, 0.4) is 0 Å². The van der Waals surface area contributed by atoms with Crippen LogP contribution in [0.5, 0.6) is 0 Å². The molecule has 1 aliphatic heterocycles. The standard InChI is InChI=1S/C12H14Cl2N2O3S/c13-9-3-8(4-10(14)11(9)15)12(17)16-5-7-1-2-20(18,19)6-7/h3-4,7H,1-2,5-6,15H2,(H,16,17). The number of sulfone groups is 1. The van der Waals surface area contributed by atoms with Crippen molar-refractivity contribution in [3.8, 4) is 0 Å². The van der Waals surface area contributed by atoms with Crippen molar-refractivity contribution < 1.29 is 13.2 Å². The van der Waals surface area contributed by atoms with Crippen LogP contribution in [0.4, 0.5) is 5.69 Å². The van der Waals surface area contributed by atoms with Gasteiger partial charge in [-0.1, -0.05) is 23.2 Å². The maximum atomic E-state index is 12.0. The van der Waals surface area contributed by atoms with Crippen LogP contribution in [0.15, 0.2) is 12.1 Å². The topological polar surface area (TPSA) is 89.3 Å². The molecule has 110 valence electrons. The second kappa shape index (κ2) is 5.79. The molecule has 1 aromatic rings. The van der Waals surface area contributed by atoms with Gasteiger partial charge in [-0.25, -0.2) is 8.42 Å². The summed E-state index contributed by atoms with van der Waals surface area (Å²) in [6.45, 7) is 0.317. The lowest BCUT2D eigenvalue weighted by Crippen LogP contribution is -2.29. The summed E-state index contributed by atoms with van der Waals surface area (Å²) in [4.78, 5) is 12.0. The zero-order valence-electron chi connectivity index (χ0n) is 10.5. The average Bonchev–Trinajstić information content (AvgIpc) is 2.72. The molecule has 1 aliphatic rings. The summed E-state index contributed by atoms with van der Waals surface area (Å²) in [5.74, 6) is -0.0781. The third kappa shape index (κ3) is 3.56. The fourth-order valence-electron chi connectivity index (χ4n) is 2.09. The minimum atomic E-state index is -2.94. The van der Waals surface area contributed by atoms with Crippen LogP contribution in [0.2, 0.25) is 10.0 Å². The lowest BCUT2D eigenvalue weighted by molar-refractivity contribution is 0.0948. The quantitative estimate of drug-likeness (QED) is 0.822. The molecule has 0 spiro atoms. The molecule has 20 heavy (non-hydrogen) atoms. The van der Waals surface area contributed by atoms with Crippen molar-refractivity contribution >= 4 is 44.6 Å². The number of carbonyl (C=O) groups excluding carboxylic acids is 1. The minimum Gasteiger partial charge on any atom is -0.396 e. The Balaban J connectivity index is 1.99. The highest BCUT2D eigenvalue weighted by molar-refractivity contribution is 7.91. The first kappa shape index (κ1) is 15.4. The van der Waals surface area contributed by atoms with Crippen molar-refractivity contribution in [3.05, 3.63) is 27.7 Å². The van der Waals surface area contributed by atoms with Crippen LogP contribution in [-0.2, 0) is 9.84 Å². The molecule has 8 heteroatoms. The van der Waals surface area contributed by atoms with Crippen molar-refractivity contribution in [2.75, 3.05) is 23.8 Å². The number of rotatable bonds is 3. The third-order valence-electron chi connectivity index (χ3n) is 3.22. The van der Waals surface area contributed by atoms with Crippen LogP contribution in [0, 0.1) is 5.92 Å². The van der Waals surface area contributed by atoms with Crippen molar-refractivity contribution in [1.29, 1.82) is 0 Å². The third-order valence-corrected chi connectivity index (χ3v) is 5.68. The average molecular weight is 337 g/mol. The van der Waals surface area contributed by atoms with Crippen molar-refractivity contribution in [2.24, 2.45) is 5.92 Å². The number of nitrogen functional groups attached to an aromatic ring is 1. The van der Waals surface area contributed by atoms with Crippen LogP contribution in [-0.4, -0.2) is 32.4 Å². The highest BCUT2D eigenvalue weighted by Gasteiger charge is 2.28. The largest absolute Gasteiger partial charge is 0.396 e. The van der Waals surface area contributed by atoms with E-state index in [4.69, 9.17) is 28.9 Å². The van der Waals surface area contributed by atoms with Crippen LogP contribution < -0.4 is 11.1 Å². The molecule has 5 nitrogen and oxygen atoms in total. The van der Waals surface area contributed by atoms with Gasteiger partial charge >= 0.3 is 0 Å². The van der Waals surface area contributed by atoms with Gasteiger partial charge in [-0.2, -0.15) is 0 Å². The van der Waals surface area contributed by atoms with E-state index in [1.807, 2.05) is 0 Å². The summed E-state index contributed by atoms with van der Waals surface area (Å²) in [5.41, 5.74) is 6.12. The Labute approximate surface area is 127 Å². The van der Waals surface area contributed by atoms with Gasteiger partial charge in [0.1, 0.15) is 0 Å². The molecule has 1 unspecified atom stereocenters. The molecule has 3 N–H and O–H groups in total. The normalized spacial score (nSPS) is 20.8. The van der Waals surface area contributed by atoms with E-state index in [9.17, 15) is 13.2 Å². The molecule has 0 aromatic heterocycles. The van der Waals surface area contributed by atoms with Gasteiger partial charge < -0.3 is 11.1 Å². The van der Waals surface area contributed by atoms with Gasteiger partial charge in [0, 0.05) is 12.1 Å². The monoisotopic (exact) mass is 336 g/mol. The number of anilines is 1. The molecular weight excluding hydrogens is 323 g/mol. The molecular formula is C12H14Cl2N2O3S. The highest BCUT2D eigenvalue weighted by atomic mass is 35.5. The Kier molecular flexibility index (Phi) is 4.46. The van der Waals surface area contributed by atoms with Gasteiger partial charge in [0.2, 0.25) is 0 Å². The number of nitrogens with one attached hydrogen (secondary N) is 1. The summed E-state index contributed by atoms with van der Waals surface area (Å²) in [7, 11) is -2.94. The maximum Gasteiger partial charge on any atom is 0.251 e. The second-order valence-corrected chi connectivity index (χ2v) is 7.88. The van der Waals surface area contributed by atoms with Crippen LogP contribution >= 0.6 is 23.2 Å². The number of carbonyl (C=O) groups is 1. The molecule has 0 radical (unpaired) electrons. The van der Waals surface area contributed by atoms with Gasteiger partial charge in [0.05, 0.1) is 27.2 Å². The number of hydrogen-bond donors (Lipinski definition) is 2. The number of halogens is 2. The Morgan fingerprint density at radius 2 is 1.95 bits per heavy atom. The Bertz CT molecular complexity index is 623. The first-order valence-corrected chi connectivity index (χ1v) is 8.59. The van der Waals surface area contributed by atoms with E-state index >= 15 is 0 Å². The summed E-state index contributed by atoms with van der Waals surface area (Å²) >= 11 is 11.7. The summed E-state index contributed by atoms with van der Waals surface area (Å²) < 4.78 is 22.6. The fraction of sp³-hybridized carbons (Fsp3) is 0.417. The lowest BCUT2D eigenvalue weighted by Gasteiger charge is -2.11.